The number of ketones is 1. The summed E-state index contributed by atoms with van der Waals surface area (Å²) in [6.07, 6.45) is 1.79. The predicted octanol–water partition coefficient (Wildman–Crippen LogP) is 4.27. The maximum atomic E-state index is 13.9. The zero-order chi connectivity index (χ0) is 12.4. The molecule has 1 unspecified atom stereocenters. The van der Waals surface area contributed by atoms with Crippen LogP contribution in [-0.2, 0) is 9.32 Å². The standard InChI is InChI=1S/C11H8BrFIO2P/c12-9-3-1-2-7(11(9)13)8-4-6(16-17-14)5-10(8)15/h1-4,6,17H,5H2/t6-/m0/s1. The van der Waals surface area contributed by atoms with Crippen LogP contribution in [0.15, 0.2) is 28.7 Å². The summed E-state index contributed by atoms with van der Waals surface area (Å²) in [4.78, 5) is 11.8. The number of carbonyl (C=O) groups is 1. The van der Waals surface area contributed by atoms with Gasteiger partial charge in [0.25, 0.3) is 0 Å². The minimum atomic E-state index is -0.398. The van der Waals surface area contributed by atoms with Crippen molar-refractivity contribution < 1.29 is 13.7 Å². The summed E-state index contributed by atoms with van der Waals surface area (Å²) in [5, 5.41) is 0. The minimum absolute atomic E-state index is 0.0679. The Morgan fingerprint density at radius 1 is 1.53 bits per heavy atom. The smallest absolute Gasteiger partial charge is 0.166 e. The molecule has 90 valence electrons. The van der Waals surface area contributed by atoms with Crippen molar-refractivity contribution in [1.82, 2.24) is 0 Å². The number of rotatable bonds is 3. The van der Waals surface area contributed by atoms with Crippen LogP contribution in [0.2, 0.25) is 0 Å². The first-order valence-corrected chi connectivity index (χ1v) is 9.65. The van der Waals surface area contributed by atoms with Crippen LogP contribution in [-0.4, -0.2) is 11.9 Å². The van der Waals surface area contributed by atoms with Gasteiger partial charge in [-0.15, -0.1) is 0 Å². The summed E-state index contributed by atoms with van der Waals surface area (Å²) in [5.41, 5.74) is 0.760. The fraction of sp³-hybridized carbons (Fsp3) is 0.182. The second kappa shape index (κ2) is 5.87. The molecule has 17 heavy (non-hydrogen) atoms. The fourth-order valence-corrected chi connectivity index (χ4v) is 3.33. The first-order valence-electron chi connectivity index (χ1n) is 4.84. The van der Waals surface area contributed by atoms with E-state index in [2.05, 4.69) is 38.0 Å². The highest BCUT2D eigenvalue weighted by Gasteiger charge is 2.27. The van der Waals surface area contributed by atoms with Gasteiger partial charge < -0.3 is 4.52 Å². The Morgan fingerprint density at radius 3 is 3.00 bits per heavy atom. The molecule has 0 aliphatic heterocycles. The normalized spacial score (nSPS) is 20.3. The maximum Gasteiger partial charge on any atom is 0.166 e. The van der Waals surface area contributed by atoms with Crippen molar-refractivity contribution in [3.05, 3.63) is 40.1 Å². The molecule has 0 radical (unpaired) electrons. The zero-order valence-corrected chi connectivity index (χ0v) is 13.3. The molecule has 0 amide bonds. The molecular formula is C11H8BrFIO2P. The highest BCUT2D eigenvalue weighted by atomic mass is 127. The van der Waals surface area contributed by atoms with Gasteiger partial charge in [0, 0.05) is 17.6 Å². The molecule has 1 aromatic rings. The van der Waals surface area contributed by atoms with Crippen LogP contribution in [0, 0.1) is 5.82 Å². The summed E-state index contributed by atoms with van der Waals surface area (Å²) >= 11 is 5.22. The fourth-order valence-electron chi connectivity index (χ4n) is 1.72. The first kappa shape index (κ1) is 13.6. The number of allylic oxidation sites excluding steroid dienone is 1. The van der Waals surface area contributed by atoms with Crippen molar-refractivity contribution in [2.45, 2.75) is 12.5 Å². The van der Waals surface area contributed by atoms with E-state index in [1.54, 1.807) is 24.3 Å². The van der Waals surface area contributed by atoms with E-state index >= 15 is 0 Å². The molecule has 0 fully saturated rings. The molecule has 0 bridgehead atoms. The van der Waals surface area contributed by atoms with E-state index in [1.807, 2.05) is 0 Å². The molecule has 0 saturated heterocycles. The van der Waals surface area contributed by atoms with Crippen molar-refractivity contribution in [2.24, 2.45) is 0 Å². The van der Waals surface area contributed by atoms with Crippen LogP contribution in [0.25, 0.3) is 5.57 Å². The highest BCUT2D eigenvalue weighted by molar-refractivity contribution is 14.2. The van der Waals surface area contributed by atoms with Crippen molar-refractivity contribution in [2.75, 3.05) is 0 Å². The van der Waals surface area contributed by atoms with Crippen LogP contribution >= 0.6 is 44.4 Å². The second-order valence-electron chi connectivity index (χ2n) is 3.54. The summed E-state index contributed by atoms with van der Waals surface area (Å²) in [5.74, 6) is -0.466. The number of carbonyl (C=O) groups excluding carboxylic acids is 1. The molecule has 1 aliphatic carbocycles. The Labute approximate surface area is 121 Å². The van der Waals surface area contributed by atoms with E-state index in [-0.39, 0.29) is 11.9 Å². The van der Waals surface area contributed by atoms with Gasteiger partial charge in [-0.05, 0) is 50.1 Å². The van der Waals surface area contributed by atoms with Gasteiger partial charge in [0.15, 0.2) is 5.78 Å². The number of Topliss-reactive ketones (excluding diaryl/α,β-unsaturated/α-hetero) is 1. The van der Waals surface area contributed by atoms with E-state index < -0.39 is 5.82 Å². The molecule has 0 N–H and O–H groups in total. The highest BCUT2D eigenvalue weighted by Crippen LogP contribution is 2.34. The topological polar surface area (TPSA) is 26.3 Å². The van der Waals surface area contributed by atoms with Crippen molar-refractivity contribution in [3.8, 4) is 0 Å². The first-order chi connectivity index (χ1) is 8.13. The molecule has 0 aromatic heterocycles. The Morgan fingerprint density at radius 2 is 2.29 bits per heavy atom. The average molecular weight is 429 g/mol. The van der Waals surface area contributed by atoms with E-state index in [1.165, 1.54) is 0 Å². The Bertz CT molecular complexity index is 492. The molecule has 0 spiro atoms. The molecule has 1 aromatic carbocycles. The average Bonchev–Trinajstić information content (AvgIpc) is 2.64. The number of halogens is 3. The van der Waals surface area contributed by atoms with Crippen molar-refractivity contribution >= 4 is 55.8 Å². The molecule has 2 nitrogen and oxygen atoms in total. The predicted molar refractivity (Wildman–Crippen MR) is 78.9 cm³/mol. The van der Waals surface area contributed by atoms with E-state index in [9.17, 15) is 9.18 Å². The number of hydrogen-bond donors (Lipinski definition) is 0. The molecule has 2 atom stereocenters. The summed E-state index contributed by atoms with van der Waals surface area (Å²) in [6.45, 7) is 0.294. The summed E-state index contributed by atoms with van der Waals surface area (Å²) < 4.78 is 19.6. The van der Waals surface area contributed by atoms with Gasteiger partial charge in [0.2, 0.25) is 0 Å². The molecule has 0 saturated carbocycles. The largest absolute Gasteiger partial charge is 0.344 e. The summed E-state index contributed by atoms with van der Waals surface area (Å²) in [7, 11) is 0. The number of hydrogen-bond acceptors (Lipinski definition) is 2. The van der Waals surface area contributed by atoms with E-state index in [0.717, 1.165) is 0 Å². The van der Waals surface area contributed by atoms with E-state index in [0.29, 0.717) is 28.5 Å². The van der Waals surface area contributed by atoms with Gasteiger partial charge in [-0.2, -0.15) is 0 Å². The third kappa shape index (κ3) is 2.95. The lowest BCUT2D eigenvalue weighted by molar-refractivity contribution is -0.114. The quantitative estimate of drug-likeness (QED) is 0.530. The van der Waals surface area contributed by atoms with Gasteiger partial charge in [0.05, 0.1) is 17.0 Å². The lowest BCUT2D eigenvalue weighted by Crippen LogP contribution is -2.03. The maximum absolute atomic E-state index is 13.9. The second-order valence-corrected chi connectivity index (χ2v) is 6.11. The lowest BCUT2D eigenvalue weighted by Gasteiger charge is -2.03. The Kier molecular flexibility index (Phi) is 4.69. The van der Waals surface area contributed by atoms with Gasteiger partial charge in [0.1, 0.15) is 5.82 Å². The van der Waals surface area contributed by atoms with Gasteiger partial charge in [-0.25, -0.2) is 4.39 Å². The molecule has 0 heterocycles. The van der Waals surface area contributed by atoms with Crippen molar-refractivity contribution in [1.29, 1.82) is 0 Å². The number of benzene rings is 1. The Hall–Kier alpha value is 0.160. The third-order valence-electron chi connectivity index (χ3n) is 2.48. The monoisotopic (exact) mass is 428 g/mol. The summed E-state index contributed by atoms with van der Waals surface area (Å²) in [6, 6.07) is 4.93. The van der Waals surface area contributed by atoms with Gasteiger partial charge >= 0.3 is 0 Å². The van der Waals surface area contributed by atoms with Gasteiger partial charge in [-0.1, -0.05) is 12.1 Å². The SMILES string of the molecule is O=C1C[C@@H](OPI)C=C1c1cccc(Br)c1F. The van der Waals surface area contributed by atoms with E-state index in [4.69, 9.17) is 4.52 Å². The van der Waals surface area contributed by atoms with Crippen LogP contribution in [0.4, 0.5) is 4.39 Å². The van der Waals surface area contributed by atoms with Crippen LogP contribution < -0.4 is 0 Å². The zero-order valence-electron chi connectivity index (χ0n) is 8.54. The van der Waals surface area contributed by atoms with Crippen LogP contribution in [0.1, 0.15) is 12.0 Å². The van der Waals surface area contributed by atoms with Crippen LogP contribution in [0.3, 0.4) is 0 Å². The molecule has 1 aliphatic rings. The molecule has 2 rings (SSSR count). The molecule has 6 heteroatoms. The minimum Gasteiger partial charge on any atom is -0.344 e. The lowest BCUT2D eigenvalue weighted by atomic mass is 10.0. The van der Waals surface area contributed by atoms with Crippen molar-refractivity contribution in [3.63, 3.8) is 0 Å². The van der Waals surface area contributed by atoms with Gasteiger partial charge in [-0.3, -0.25) is 4.79 Å². The Balaban J connectivity index is 2.36. The third-order valence-corrected chi connectivity index (χ3v) is 4.24. The molecular weight excluding hydrogens is 421 g/mol. The van der Waals surface area contributed by atoms with Crippen LogP contribution in [0.5, 0.6) is 0 Å².